The summed E-state index contributed by atoms with van der Waals surface area (Å²) in [6, 6.07) is 7.75. The van der Waals surface area contributed by atoms with Crippen LogP contribution < -0.4 is 10.2 Å². The first-order chi connectivity index (χ1) is 12.6. The molecule has 0 saturated heterocycles. The second-order valence-corrected chi connectivity index (χ2v) is 6.67. The van der Waals surface area contributed by atoms with Crippen molar-refractivity contribution in [2.45, 2.75) is 25.7 Å². The van der Waals surface area contributed by atoms with E-state index in [9.17, 15) is 13.6 Å². The van der Waals surface area contributed by atoms with Crippen LogP contribution in [0.15, 0.2) is 47.8 Å². The van der Waals surface area contributed by atoms with Gasteiger partial charge in [0.25, 0.3) is 12.3 Å². The van der Waals surface area contributed by atoms with Gasteiger partial charge in [0.05, 0.1) is 6.20 Å². The lowest BCUT2D eigenvalue weighted by Gasteiger charge is -2.22. The third-order valence-corrected chi connectivity index (χ3v) is 5.03. The van der Waals surface area contributed by atoms with Gasteiger partial charge in [-0.05, 0) is 42.5 Å². The molecular formula is C19H16F2N4O. The Morgan fingerprint density at radius 3 is 2.77 bits per heavy atom. The largest absolute Gasteiger partial charge is 0.339 e. The summed E-state index contributed by atoms with van der Waals surface area (Å²) in [6.07, 6.45) is 2.73. The number of hydrogen-bond acceptors (Lipinski definition) is 3. The highest BCUT2D eigenvalue weighted by atomic mass is 19.3. The number of hydrogen-bond donors (Lipinski definition) is 1. The van der Waals surface area contributed by atoms with E-state index in [1.165, 1.54) is 12.3 Å². The highest BCUT2D eigenvalue weighted by molar-refractivity contribution is 6.10. The number of alkyl halides is 2. The summed E-state index contributed by atoms with van der Waals surface area (Å²) < 4.78 is 28.1. The fourth-order valence-electron chi connectivity index (χ4n) is 3.57. The Labute approximate surface area is 148 Å². The van der Waals surface area contributed by atoms with E-state index in [0.717, 1.165) is 40.8 Å². The van der Waals surface area contributed by atoms with E-state index in [1.807, 2.05) is 24.3 Å². The molecule has 1 aromatic heterocycles. The van der Waals surface area contributed by atoms with E-state index in [0.29, 0.717) is 23.6 Å². The maximum Gasteiger partial charge on any atom is 0.280 e. The Bertz CT molecular complexity index is 983. The highest BCUT2D eigenvalue weighted by Crippen LogP contribution is 2.39. The van der Waals surface area contributed by atoms with Gasteiger partial charge in [0, 0.05) is 17.9 Å². The molecule has 1 N–H and O–H groups in total. The molecule has 0 spiro atoms. The number of anilines is 2. The van der Waals surface area contributed by atoms with Gasteiger partial charge < -0.3 is 10.2 Å². The van der Waals surface area contributed by atoms with E-state index in [1.54, 1.807) is 4.90 Å². The van der Waals surface area contributed by atoms with E-state index in [2.05, 4.69) is 10.4 Å². The molecule has 26 heavy (non-hydrogen) atoms. The Hall–Kier alpha value is -2.96. The first kappa shape index (κ1) is 15.3. The van der Waals surface area contributed by atoms with Crippen molar-refractivity contribution in [2.75, 3.05) is 16.8 Å². The SMILES string of the molecule is O=C(c1cnn2c1NC(=C1CC1)C=C2C(F)F)N1CCc2ccccc21. The monoisotopic (exact) mass is 354 g/mol. The molecule has 3 aliphatic rings. The number of amides is 1. The lowest BCUT2D eigenvalue weighted by molar-refractivity contribution is 0.0990. The molecule has 0 unspecified atom stereocenters. The maximum absolute atomic E-state index is 13.5. The van der Waals surface area contributed by atoms with Gasteiger partial charge in [-0.15, -0.1) is 0 Å². The normalized spacial score (nSPS) is 17.8. The van der Waals surface area contributed by atoms with Gasteiger partial charge in [0.2, 0.25) is 0 Å². The minimum atomic E-state index is -2.67. The third-order valence-electron chi connectivity index (χ3n) is 5.03. The lowest BCUT2D eigenvalue weighted by Crippen LogP contribution is -2.30. The lowest BCUT2D eigenvalue weighted by atomic mass is 10.1. The summed E-state index contributed by atoms with van der Waals surface area (Å²) in [4.78, 5) is 14.8. The number of aromatic nitrogens is 2. The Morgan fingerprint density at radius 2 is 2.00 bits per heavy atom. The first-order valence-electron chi connectivity index (χ1n) is 8.60. The first-order valence-corrected chi connectivity index (χ1v) is 8.60. The van der Waals surface area contributed by atoms with Crippen LogP contribution >= 0.6 is 0 Å². The van der Waals surface area contributed by atoms with E-state index in [4.69, 9.17) is 0 Å². The number of carbonyl (C=O) groups excluding carboxylic acids is 1. The fourth-order valence-corrected chi connectivity index (χ4v) is 3.57. The second-order valence-electron chi connectivity index (χ2n) is 6.67. The van der Waals surface area contributed by atoms with Gasteiger partial charge in [0.1, 0.15) is 17.1 Å². The van der Waals surface area contributed by atoms with Crippen LogP contribution in [0.3, 0.4) is 0 Å². The molecular weight excluding hydrogens is 338 g/mol. The number of carbonyl (C=O) groups is 1. The molecule has 5 nitrogen and oxygen atoms in total. The quantitative estimate of drug-likeness (QED) is 0.895. The van der Waals surface area contributed by atoms with Gasteiger partial charge in [-0.2, -0.15) is 5.10 Å². The number of rotatable bonds is 2. The molecule has 1 saturated carbocycles. The van der Waals surface area contributed by atoms with Crippen molar-refractivity contribution >= 4 is 23.1 Å². The summed E-state index contributed by atoms with van der Waals surface area (Å²) in [7, 11) is 0. The number of fused-ring (bicyclic) bond motifs is 2. The van der Waals surface area contributed by atoms with Crippen molar-refractivity contribution in [2.24, 2.45) is 0 Å². The zero-order valence-corrected chi connectivity index (χ0v) is 13.9. The van der Waals surface area contributed by atoms with Crippen molar-refractivity contribution in [1.82, 2.24) is 9.78 Å². The van der Waals surface area contributed by atoms with Gasteiger partial charge >= 0.3 is 0 Å². The van der Waals surface area contributed by atoms with E-state index in [-0.39, 0.29) is 11.6 Å². The van der Waals surface area contributed by atoms with Crippen molar-refractivity contribution < 1.29 is 13.6 Å². The van der Waals surface area contributed by atoms with Crippen molar-refractivity contribution in [1.29, 1.82) is 0 Å². The molecule has 1 aromatic carbocycles. The van der Waals surface area contributed by atoms with Crippen LogP contribution in [0.5, 0.6) is 0 Å². The minimum absolute atomic E-state index is 0.200. The number of benzene rings is 1. The second kappa shape index (κ2) is 5.52. The zero-order valence-electron chi connectivity index (χ0n) is 13.9. The van der Waals surface area contributed by atoms with Crippen LogP contribution in [0.25, 0.3) is 5.70 Å². The molecule has 0 radical (unpaired) electrons. The van der Waals surface area contributed by atoms with Crippen LogP contribution in [-0.2, 0) is 6.42 Å². The molecule has 7 heteroatoms. The number of nitrogens with one attached hydrogen (secondary N) is 1. The van der Waals surface area contributed by atoms with Crippen LogP contribution in [0.2, 0.25) is 0 Å². The molecule has 2 aliphatic heterocycles. The van der Waals surface area contributed by atoms with Crippen LogP contribution in [0.1, 0.15) is 28.8 Å². The Balaban J connectivity index is 1.56. The molecule has 132 valence electrons. The predicted molar refractivity (Wildman–Crippen MR) is 94.2 cm³/mol. The molecule has 1 aliphatic carbocycles. The standard InChI is InChI=1S/C19H16F2N4O/c20-17(21)16-9-14(11-5-6-11)23-18-13(10-22-25(16)18)19(26)24-8-7-12-3-1-2-4-15(12)24/h1-4,9-10,17,23H,5-8H2. The summed E-state index contributed by atoms with van der Waals surface area (Å²) in [6.45, 7) is 0.578. The van der Waals surface area contributed by atoms with E-state index >= 15 is 0 Å². The molecule has 2 aromatic rings. The maximum atomic E-state index is 13.5. The van der Waals surface area contributed by atoms with Gasteiger partial charge in [0.15, 0.2) is 0 Å². The van der Waals surface area contributed by atoms with Crippen LogP contribution in [0.4, 0.5) is 20.3 Å². The number of allylic oxidation sites excluding steroid dienone is 3. The molecule has 0 atom stereocenters. The van der Waals surface area contributed by atoms with Gasteiger partial charge in [-0.3, -0.25) is 4.79 Å². The number of halogens is 2. The van der Waals surface area contributed by atoms with Crippen molar-refractivity contribution in [3.63, 3.8) is 0 Å². The minimum Gasteiger partial charge on any atom is -0.339 e. The van der Waals surface area contributed by atoms with Crippen LogP contribution in [0, 0.1) is 0 Å². The molecule has 5 rings (SSSR count). The Morgan fingerprint density at radius 1 is 1.19 bits per heavy atom. The summed E-state index contributed by atoms with van der Waals surface area (Å²) in [5, 5.41) is 7.20. The van der Waals surface area contributed by atoms with Crippen molar-refractivity contribution in [3.05, 3.63) is 58.9 Å². The smallest absolute Gasteiger partial charge is 0.280 e. The number of nitrogens with zero attached hydrogens (tertiary/aromatic N) is 3. The topological polar surface area (TPSA) is 50.2 Å². The van der Waals surface area contributed by atoms with Crippen LogP contribution in [-0.4, -0.2) is 28.7 Å². The van der Waals surface area contributed by atoms with Gasteiger partial charge in [-0.1, -0.05) is 18.2 Å². The summed E-state index contributed by atoms with van der Waals surface area (Å²) >= 11 is 0. The molecule has 1 amide bonds. The Kier molecular flexibility index (Phi) is 3.25. The summed E-state index contributed by atoms with van der Waals surface area (Å²) in [5.74, 6) is 0.103. The van der Waals surface area contributed by atoms with E-state index < -0.39 is 6.43 Å². The summed E-state index contributed by atoms with van der Waals surface area (Å²) in [5.41, 5.74) is 3.87. The molecule has 3 heterocycles. The highest BCUT2D eigenvalue weighted by Gasteiger charge is 2.33. The average Bonchev–Trinajstić information content (AvgIpc) is 3.27. The predicted octanol–water partition coefficient (Wildman–Crippen LogP) is 3.67. The molecule has 0 bridgehead atoms. The fraction of sp³-hybridized carbons (Fsp3) is 0.263. The number of para-hydroxylation sites is 1. The average molecular weight is 354 g/mol. The third kappa shape index (κ3) is 2.27. The zero-order chi connectivity index (χ0) is 17.8. The molecule has 1 fully saturated rings. The van der Waals surface area contributed by atoms with Crippen molar-refractivity contribution in [3.8, 4) is 0 Å². The van der Waals surface area contributed by atoms with Gasteiger partial charge in [-0.25, -0.2) is 13.5 Å².